The van der Waals surface area contributed by atoms with Crippen molar-refractivity contribution in [3.8, 4) is 0 Å². The van der Waals surface area contributed by atoms with E-state index in [2.05, 4.69) is 20.8 Å². The number of aliphatic hydroxyl groups excluding tert-OH is 1. The van der Waals surface area contributed by atoms with E-state index in [-0.39, 0.29) is 18.5 Å². The molecule has 0 aliphatic carbocycles. The predicted octanol–water partition coefficient (Wildman–Crippen LogP) is 5.92. The quantitative estimate of drug-likeness (QED) is 0.443. The first-order chi connectivity index (χ1) is 12.4. The number of aliphatic hydroxyl groups is 1. The van der Waals surface area contributed by atoms with Gasteiger partial charge < -0.3 is 9.84 Å². The van der Waals surface area contributed by atoms with E-state index in [1.807, 2.05) is 37.3 Å². The number of esters is 1. The van der Waals surface area contributed by atoms with Crippen molar-refractivity contribution in [1.29, 1.82) is 0 Å². The van der Waals surface area contributed by atoms with Crippen LogP contribution in [-0.4, -0.2) is 17.7 Å². The molecule has 0 bridgehead atoms. The molecule has 0 aromatic heterocycles. The Hall–Kier alpha value is -1.35. The summed E-state index contributed by atoms with van der Waals surface area (Å²) in [5.41, 5.74) is 0.777. The van der Waals surface area contributed by atoms with E-state index in [9.17, 15) is 9.90 Å². The smallest absolute Gasteiger partial charge is 0.308 e. The molecule has 0 heterocycles. The summed E-state index contributed by atoms with van der Waals surface area (Å²) in [6.45, 7) is 8.82. The van der Waals surface area contributed by atoms with Gasteiger partial charge in [-0.15, -0.1) is 0 Å². The fraction of sp³-hybridized carbons (Fsp3) is 0.696. The van der Waals surface area contributed by atoms with Crippen molar-refractivity contribution in [2.75, 3.05) is 6.61 Å². The van der Waals surface area contributed by atoms with Gasteiger partial charge in [-0.05, 0) is 30.2 Å². The van der Waals surface area contributed by atoms with E-state index in [0.717, 1.165) is 24.3 Å². The summed E-state index contributed by atoms with van der Waals surface area (Å²) in [6.07, 6.45) is 7.59. The van der Waals surface area contributed by atoms with Crippen molar-refractivity contribution in [3.63, 3.8) is 0 Å². The minimum Gasteiger partial charge on any atom is -0.462 e. The molecule has 3 nitrogen and oxygen atoms in total. The Labute approximate surface area is 160 Å². The largest absolute Gasteiger partial charge is 0.462 e. The topological polar surface area (TPSA) is 46.5 Å². The number of hydrogen-bond acceptors (Lipinski definition) is 3. The number of hydrogen-bond donors (Lipinski definition) is 1. The molecule has 0 amide bonds. The molecule has 1 N–H and O–H groups in total. The van der Waals surface area contributed by atoms with Crippen LogP contribution in [-0.2, 0) is 9.53 Å². The lowest BCUT2D eigenvalue weighted by atomic mass is 9.91. The SMILES string of the molecule is CCCC(C)CCCC(C)CCC(C)C(=O)OCC(O)c1ccccc1. The van der Waals surface area contributed by atoms with E-state index in [4.69, 9.17) is 4.74 Å². The van der Waals surface area contributed by atoms with Gasteiger partial charge in [0, 0.05) is 0 Å². The van der Waals surface area contributed by atoms with Crippen LogP contribution in [0.1, 0.15) is 84.3 Å². The third kappa shape index (κ3) is 9.38. The van der Waals surface area contributed by atoms with Crippen LogP contribution in [0.25, 0.3) is 0 Å². The van der Waals surface area contributed by atoms with Crippen molar-refractivity contribution >= 4 is 5.97 Å². The van der Waals surface area contributed by atoms with Crippen LogP contribution >= 0.6 is 0 Å². The highest BCUT2D eigenvalue weighted by Gasteiger charge is 2.18. The third-order valence-corrected chi connectivity index (χ3v) is 5.24. The van der Waals surface area contributed by atoms with Crippen LogP contribution in [0.4, 0.5) is 0 Å². The minimum absolute atomic E-state index is 0.0259. The molecule has 0 saturated heterocycles. The first-order valence-electron chi connectivity index (χ1n) is 10.3. The molecule has 4 unspecified atom stereocenters. The number of ether oxygens (including phenoxy) is 1. The molecule has 0 spiro atoms. The zero-order chi connectivity index (χ0) is 19.4. The third-order valence-electron chi connectivity index (χ3n) is 5.24. The van der Waals surface area contributed by atoms with Gasteiger partial charge in [0.05, 0.1) is 5.92 Å². The van der Waals surface area contributed by atoms with Crippen molar-refractivity contribution in [1.82, 2.24) is 0 Å². The molecule has 26 heavy (non-hydrogen) atoms. The van der Waals surface area contributed by atoms with Crippen LogP contribution in [0.15, 0.2) is 30.3 Å². The summed E-state index contributed by atoms with van der Waals surface area (Å²) < 4.78 is 5.30. The highest BCUT2D eigenvalue weighted by atomic mass is 16.5. The molecule has 1 aromatic carbocycles. The molecule has 0 fully saturated rings. The molecule has 4 atom stereocenters. The van der Waals surface area contributed by atoms with Gasteiger partial charge in [-0.3, -0.25) is 4.79 Å². The average Bonchev–Trinajstić information content (AvgIpc) is 2.64. The molecule has 1 aromatic rings. The number of rotatable bonds is 13. The van der Waals surface area contributed by atoms with Crippen LogP contribution in [0, 0.1) is 17.8 Å². The van der Waals surface area contributed by atoms with Crippen molar-refractivity contribution in [2.24, 2.45) is 17.8 Å². The minimum atomic E-state index is -0.753. The molecule has 1 rings (SSSR count). The van der Waals surface area contributed by atoms with Crippen LogP contribution in [0.2, 0.25) is 0 Å². The maximum absolute atomic E-state index is 12.1. The Morgan fingerprint density at radius 1 is 0.962 bits per heavy atom. The van der Waals surface area contributed by atoms with E-state index < -0.39 is 6.10 Å². The molecular weight excluding hydrogens is 324 g/mol. The van der Waals surface area contributed by atoms with E-state index in [1.54, 1.807) is 0 Å². The second-order valence-electron chi connectivity index (χ2n) is 7.96. The average molecular weight is 363 g/mol. The molecule has 3 heteroatoms. The molecular formula is C23H38O3. The fourth-order valence-electron chi connectivity index (χ4n) is 3.32. The van der Waals surface area contributed by atoms with E-state index in [0.29, 0.717) is 5.92 Å². The van der Waals surface area contributed by atoms with E-state index >= 15 is 0 Å². The van der Waals surface area contributed by atoms with Gasteiger partial charge >= 0.3 is 5.97 Å². The van der Waals surface area contributed by atoms with Gasteiger partial charge in [-0.2, -0.15) is 0 Å². The van der Waals surface area contributed by atoms with Crippen molar-refractivity contribution < 1.29 is 14.6 Å². The number of carbonyl (C=O) groups excluding carboxylic acids is 1. The maximum Gasteiger partial charge on any atom is 0.308 e. The van der Waals surface area contributed by atoms with E-state index in [1.165, 1.54) is 32.1 Å². The van der Waals surface area contributed by atoms with Crippen LogP contribution < -0.4 is 0 Å². The Kier molecular flexibility index (Phi) is 11.3. The molecule has 0 aliphatic rings. The Morgan fingerprint density at radius 2 is 1.58 bits per heavy atom. The molecule has 0 radical (unpaired) electrons. The van der Waals surface area contributed by atoms with Crippen molar-refractivity contribution in [2.45, 2.75) is 78.7 Å². The lowest BCUT2D eigenvalue weighted by Crippen LogP contribution is -2.19. The summed E-state index contributed by atoms with van der Waals surface area (Å²) >= 11 is 0. The monoisotopic (exact) mass is 362 g/mol. The highest BCUT2D eigenvalue weighted by Crippen LogP contribution is 2.22. The Morgan fingerprint density at radius 3 is 2.19 bits per heavy atom. The lowest BCUT2D eigenvalue weighted by molar-refractivity contribution is -0.151. The maximum atomic E-state index is 12.1. The van der Waals surface area contributed by atoms with Gasteiger partial charge in [0.15, 0.2) is 0 Å². The van der Waals surface area contributed by atoms with Gasteiger partial charge in [0.25, 0.3) is 0 Å². The first-order valence-corrected chi connectivity index (χ1v) is 10.3. The standard InChI is InChI=1S/C23H38O3/c1-5-10-18(2)11-9-12-19(3)15-16-20(4)23(25)26-17-22(24)21-13-7-6-8-14-21/h6-8,13-14,18-20,22,24H,5,9-12,15-17H2,1-4H3. The normalized spacial score (nSPS) is 15.9. The molecule has 0 aliphatic heterocycles. The fourth-order valence-corrected chi connectivity index (χ4v) is 3.32. The zero-order valence-corrected chi connectivity index (χ0v) is 17.1. The first kappa shape index (κ1) is 22.7. The van der Waals surface area contributed by atoms with Crippen LogP contribution in [0.5, 0.6) is 0 Å². The second kappa shape index (κ2) is 12.9. The summed E-state index contributed by atoms with van der Waals surface area (Å²) in [7, 11) is 0. The summed E-state index contributed by atoms with van der Waals surface area (Å²) in [5, 5.41) is 10.1. The van der Waals surface area contributed by atoms with Crippen molar-refractivity contribution in [3.05, 3.63) is 35.9 Å². The zero-order valence-electron chi connectivity index (χ0n) is 17.1. The van der Waals surface area contributed by atoms with Crippen LogP contribution in [0.3, 0.4) is 0 Å². The predicted molar refractivity (Wildman–Crippen MR) is 108 cm³/mol. The molecule has 0 saturated carbocycles. The van der Waals surface area contributed by atoms with Gasteiger partial charge in [-0.25, -0.2) is 0 Å². The van der Waals surface area contributed by atoms with Gasteiger partial charge in [-0.1, -0.05) is 90.1 Å². The number of benzene rings is 1. The lowest BCUT2D eigenvalue weighted by Gasteiger charge is -2.17. The Balaban J connectivity index is 2.19. The Bertz CT molecular complexity index is 485. The summed E-state index contributed by atoms with van der Waals surface area (Å²) in [5.74, 6) is 1.16. The van der Waals surface area contributed by atoms with Gasteiger partial charge in [0.2, 0.25) is 0 Å². The second-order valence-corrected chi connectivity index (χ2v) is 7.96. The number of carbonyl (C=O) groups is 1. The summed E-state index contributed by atoms with van der Waals surface area (Å²) in [4.78, 5) is 12.1. The van der Waals surface area contributed by atoms with Gasteiger partial charge in [0.1, 0.15) is 12.7 Å². The molecule has 148 valence electrons. The summed E-state index contributed by atoms with van der Waals surface area (Å²) in [6, 6.07) is 9.31. The highest BCUT2D eigenvalue weighted by molar-refractivity contribution is 5.71.